The molecule has 0 saturated carbocycles. The van der Waals surface area contributed by atoms with Crippen LogP contribution in [0.1, 0.15) is 54.5 Å². The molecule has 12 heteroatoms. The third-order valence-electron chi connectivity index (χ3n) is 11.3. The molecule has 1 fully saturated rings. The molecule has 2 N–H and O–H groups in total. The second-order valence-corrected chi connectivity index (χ2v) is 15.0. The highest BCUT2D eigenvalue weighted by Crippen LogP contribution is 2.48. The van der Waals surface area contributed by atoms with E-state index in [4.69, 9.17) is 33.3 Å². The quantitative estimate of drug-likeness (QED) is 0.0487. The lowest BCUT2D eigenvalue weighted by Crippen LogP contribution is -2.54. The normalized spacial score (nSPS) is 16.0. The van der Waals surface area contributed by atoms with Crippen molar-refractivity contribution in [1.29, 1.82) is 0 Å². The lowest BCUT2D eigenvalue weighted by atomic mass is 9.79. The first-order valence-corrected chi connectivity index (χ1v) is 21.6. The molecule has 5 aromatic carbocycles. The van der Waals surface area contributed by atoms with Gasteiger partial charge in [0.1, 0.15) is 18.5 Å². The summed E-state index contributed by atoms with van der Waals surface area (Å²) in [6.45, 7) is 10.6. The van der Waals surface area contributed by atoms with E-state index >= 15 is 0 Å². The zero-order valence-corrected chi connectivity index (χ0v) is 36.0. The van der Waals surface area contributed by atoms with E-state index in [1.807, 2.05) is 115 Å². The first kappa shape index (κ1) is 46.1. The van der Waals surface area contributed by atoms with Crippen LogP contribution in [0.4, 0.5) is 4.79 Å². The molecule has 1 saturated heterocycles. The molecule has 0 unspecified atom stereocenters. The first-order valence-electron chi connectivity index (χ1n) is 20.3. The van der Waals surface area contributed by atoms with Gasteiger partial charge >= 0.3 is 14.3 Å². The van der Waals surface area contributed by atoms with Crippen molar-refractivity contribution >= 4 is 20.6 Å². The van der Waals surface area contributed by atoms with Crippen molar-refractivity contribution in [2.45, 2.75) is 38.3 Å². The van der Waals surface area contributed by atoms with E-state index < -0.39 is 37.8 Å². The number of hydrogen-bond acceptors (Lipinski definition) is 8. The Bertz CT molecular complexity index is 1960. The van der Waals surface area contributed by atoms with Crippen LogP contribution in [0, 0.1) is 11.8 Å². The van der Waals surface area contributed by atoms with Crippen molar-refractivity contribution in [2.24, 2.45) is 11.8 Å². The number of carbonyl (C=O) groups is 2. The molecule has 0 aromatic heterocycles. The number of nitrogens with zero attached hydrogens (tertiary/aromatic N) is 2. The van der Waals surface area contributed by atoms with Gasteiger partial charge in [-0.25, -0.2) is 4.79 Å². The first-order chi connectivity index (χ1) is 29.1. The van der Waals surface area contributed by atoms with Crippen molar-refractivity contribution in [3.8, 4) is 11.1 Å². The fraction of sp³-hybridized carbons (Fsp3) is 0.333. The van der Waals surface area contributed by atoms with E-state index in [0.29, 0.717) is 0 Å². The van der Waals surface area contributed by atoms with Gasteiger partial charge in [-0.3, -0.25) is 4.57 Å². The number of amides is 1. The monoisotopic (exact) mass is 836 g/mol. The molecule has 2 atom stereocenters. The Labute approximate surface area is 354 Å². The molecule has 1 amide bonds. The number of rotatable bonds is 14. The highest BCUT2D eigenvalue weighted by atomic mass is 31.1. The fourth-order valence-electron chi connectivity index (χ4n) is 8.30. The highest BCUT2D eigenvalue weighted by Gasteiger charge is 2.56. The van der Waals surface area contributed by atoms with Gasteiger partial charge in [-0.15, -0.1) is 0 Å². The lowest BCUT2D eigenvalue weighted by Gasteiger charge is -2.46. The molecule has 318 valence electrons. The van der Waals surface area contributed by atoms with Crippen LogP contribution in [-0.2, 0) is 33.9 Å². The minimum absolute atomic E-state index is 0.0831. The second-order valence-electron chi connectivity index (χ2n) is 14.4. The van der Waals surface area contributed by atoms with Gasteiger partial charge in [-0.2, -0.15) is 0 Å². The summed E-state index contributed by atoms with van der Waals surface area (Å²) in [5.41, 5.74) is 5.91. The maximum atomic E-state index is 13.8. The lowest BCUT2D eigenvalue weighted by molar-refractivity contribution is -0.412. The summed E-state index contributed by atoms with van der Waals surface area (Å²) < 4.78 is 34.4. The van der Waals surface area contributed by atoms with Crippen LogP contribution >= 0.6 is 8.25 Å². The van der Waals surface area contributed by atoms with Crippen molar-refractivity contribution < 1.29 is 42.9 Å². The van der Waals surface area contributed by atoms with Crippen LogP contribution < -0.4 is 0 Å². The van der Waals surface area contributed by atoms with Crippen LogP contribution in [0.15, 0.2) is 140 Å². The van der Waals surface area contributed by atoms with Crippen LogP contribution in [0.2, 0.25) is 0 Å². The molecule has 1 heterocycles. The summed E-state index contributed by atoms with van der Waals surface area (Å²) in [6, 6.07) is 46.1. The molecule has 2 aliphatic rings. The minimum Gasteiger partial charge on any atom is -0.448 e. The van der Waals surface area contributed by atoms with Crippen molar-refractivity contribution in [2.75, 3.05) is 53.6 Å². The summed E-state index contributed by atoms with van der Waals surface area (Å²) in [5.74, 6) is -3.16. The summed E-state index contributed by atoms with van der Waals surface area (Å²) in [6.07, 6.45) is 0.352. The zero-order chi connectivity index (χ0) is 43.1. The summed E-state index contributed by atoms with van der Waals surface area (Å²) in [4.78, 5) is 44.7. The third-order valence-corrected chi connectivity index (χ3v) is 11.3. The summed E-state index contributed by atoms with van der Waals surface area (Å²) in [7, 11) is -0.116. The molecule has 0 spiro atoms. The van der Waals surface area contributed by atoms with Crippen LogP contribution in [-0.4, -0.2) is 91.5 Å². The standard InChI is InChI=1S/C42H39NO6.C6H15N.H3O3P/c1-46-42(47-2,49-41(31-16-6-3-7-17-31,32-18-8-4-9-19-32)33-20-10-5-11-21-33)39-27-43(26-30(39)28-44)40(45)48-29-38-36-24-14-12-22-34(36)35-23-13-15-25-37(35)38;1-4-7(5-2)6-3;1-4(2)3/h3-25,28,30,38-39H,26-27,29H2,1-2H3;4-6H2,1-3H3;4H,(H2,1,2,3)/t30-,39+;;/m1../s1. The number of fused-ring (bicyclic) bond motifs is 3. The molecule has 1 aliphatic heterocycles. The molecule has 11 nitrogen and oxygen atoms in total. The minimum atomic E-state index is -3.13. The maximum Gasteiger partial charge on any atom is 0.409 e. The molecular weight excluding hydrogens is 780 g/mol. The van der Waals surface area contributed by atoms with Gasteiger partial charge in [0.15, 0.2) is 0 Å². The van der Waals surface area contributed by atoms with E-state index in [-0.39, 0.29) is 25.6 Å². The SMILES string of the molecule is CCN(CC)CC.COC(OC)(OC(c1ccccc1)(c1ccccc1)c1ccccc1)[C@H]1CN(C(=O)OCC2c3ccccc3-c3ccccc32)C[C@@H]1C=O.O=[PH](O)O. The van der Waals surface area contributed by atoms with E-state index in [9.17, 15) is 9.59 Å². The molecule has 5 aromatic rings. The van der Waals surface area contributed by atoms with Crippen LogP contribution in [0.3, 0.4) is 0 Å². The Balaban J connectivity index is 0.000000551. The Hall–Kier alpha value is -4.97. The average Bonchev–Trinajstić information content (AvgIpc) is 3.88. The Morgan fingerprint density at radius 1 is 0.700 bits per heavy atom. The van der Waals surface area contributed by atoms with E-state index in [0.717, 1.165) is 45.2 Å². The molecule has 7 rings (SSSR count). The number of carbonyl (C=O) groups excluding carboxylic acids is 2. The van der Waals surface area contributed by atoms with E-state index in [1.54, 1.807) is 4.90 Å². The number of likely N-dealkylation sites (tertiary alicyclic amines) is 1. The predicted octanol–water partition coefficient (Wildman–Crippen LogP) is 8.35. The van der Waals surface area contributed by atoms with Gasteiger partial charge in [0.2, 0.25) is 0 Å². The van der Waals surface area contributed by atoms with E-state index in [1.165, 1.54) is 33.9 Å². The van der Waals surface area contributed by atoms with Crippen LogP contribution in [0.25, 0.3) is 11.1 Å². The summed E-state index contributed by atoms with van der Waals surface area (Å²) >= 11 is 0. The Kier molecular flexibility index (Phi) is 16.9. The largest absolute Gasteiger partial charge is 0.448 e. The van der Waals surface area contributed by atoms with Crippen LogP contribution in [0.5, 0.6) is 0 Å². The van der Waals surface area contributed by atoms with Crippen molar-refractivity contribution in [1.82, 2.24) is 9.80 Å². The topological polar surface area (TPSA) is 135 Å². The second kappa shape index (κ2) is 22.0. The molecular formula is C48H57N2O9P. The van der Waals surface area contributed by atoms with Gasteiger partial charge in [-0.1, -0.05) is 160 Å². The molecule has 0 bridgehead atoms. The predicted molar refractivity (Wildman–Crippen MR) is 234 cm³/mol. The average molecular weight is 837 g/mol. The van der Waals surface area contributed by atoms with Gasteiger partial charge < -0.3 is 43.3 Å². The Morgan fingerprint density at radius 2 is 1.10 bits per heavy atom. The number of aldehydes is 1. The number of methoxy groups -OCH3 is 2. The zero-order valence-electron chi connectivity index (χ0n) is 35.0. The fourth-order valence-corrected chi connectivity index (χ4v) is 8.30. The van der Waals surface area contributed by atoms with Gasteiger partial charge in [0.25, 0.3) is 5.97 Å². The van der Waals surface area contributed by atoms with Crippen molar-refractivity contribution in [3.05, 3.63) is 167 Å². The van der Waals surface area contributed by atoms with Gasteiger partial charge in [0, 0.05) is 39.1 Å². The van der Waals surface area contributed by atoms with E-state index in [2.05, 4.69) is 49.9 Å². The van der Waals surface area contributed by atoms with Crippen molar-refractivity contribution in [3.63, 3.8) is 0 Å². The highest BCUT2D eigenvalue weighted by molar-refractivity contribution is 7.30. The number of benzene rings is 5. The smallest absolute Gasteiger partial charge is 0.409 e. The Morgan fingerprint density at radius 3 is 1.47 bits per heavy atom. The maximum absolute atomic E-state index is 13.8. The third kappa shape index (κ3) is 10.3. The molecule has 1 aliphatic carbocycles. The summed E-state index contributed by atoms with van der Waals surface area (Å²) in [5, 5.41) is 0. The molecule has 60 heavy (non-hydrogen) atoms. The number of hydrogen-bond donors (Lipinski definition) is 2. The van der Waals surface area contributed by atoms with Gasteiger partial charge in [-0.05, 0) is 58.6 Å². The number of ether oxygens (including phenoxy) is 4. The van der Waals surface area contributed by atoms with Gasteiger partial charge in [0.05, 0.1) is 5.92 Å². The molecule has 0 radical (unpaired) electrons.